The molecule has 0 saturated carbocycles. The smallest absolute Gasteiger partial charge is 0.362 e. The van der Waals surface area contributed by atoms with E-state index in [2.05, 4.69) is 15.3 Å². The molecule has 50 heavy (non-hydrogen) atoms. The number of aromatic nitrogens is 3. The van der Waals surface area contributed by atoms with E-state index in [1.165, 1.54) is 12.4 Å². The Bertz CT molecular complexity index is 2050. The monoisotopic (exact) mass is 721 g/mol. The molecule has 0 fully saturated rings. The van der Waals surface area contributed by atoms with Crippen LogP contribution in [0.3, 0.4) is 0 Å². The van der Waals surface area contributed by atoms with Gasteiger partial charge in [-0.1, -0.05) is 18.2 Å². The van der Waals surface area contributed by atoms with Gasteiger partial charge >= 0.3 is 15.2 Å². The molecule has 0 spiro atoms. The molecule has 1 amide bonds. The zero-order valence-electron chi connectivity index (χ0n) is 28.6. The number of nitrogens with two attached hydrogens (primary N) is 1. The van der Waals surface area contributed by atoms with Gasteiger partial charge in [0, 0.05) is 29.6 Å². The summed E-state index contributed by atoms with van der Waals surface area (Å²) in [6, 6.07) is 19.4. The van der Waals surface area contributed by atoms with Gasteiger partial charge in [0.1, 0.15) is 17.9 Å². The Kier molecular flexibility index (Phi) is 11.9. The maximum atomic E-state index is 14.0. The summed E-state index contributed by atoms with van der Waals surface area (Å²) in [7, 11) is -6.19. The standard InChI is InChI=1S/C35H41N5O8P2/c1-6-45-49(42,46-7-2)30-18-13-24(19-31(30)50(43,47-8-3)48-9-4)21-37-35(41)25-14-16-27(17-15-25)40-22-29(26-11-10-12-28(20-26)44-5)32-33(36)38-23-39-34(32)40/h10-20,22-23H,6-9,21H2,1-5H3,(H,37,41)(H2,36,38,39). The summed E-state index contributed by atoms with van der Waals surface area (Å²) in [5, 5.41) is 3.76. The van der Waals surface area contributed by atoms with Gasteiger partial charge in [0.2, 0.25) is 0 Å². The number of nitrogens with one attached hydrogen (secondary N) is 1. The zero-order valence-corrected chi connectivity index (χ0v) is 30.4. The molecule has 264 valence electrons. The van der Waals surface area contributed by atoms with Gasteiger partial charge in [-0.25, -0.2) is 9.97 Å². The number of fused-ring (bicyclic) bond motifs is 1. The number of anilines is 1. The molecule has 2 aromatic heterocycles. The van der Waals surface area contributed by atoms with Crippen molar-refractivity contribution in [3.8, 4) is 22.6 Å². The van der Waals surface area contributed by atoms with Gasteiger partial charge < -0.3 is 38.4 Å². The summed E-state index contributed by atoms with van der Waals surface area (Å²) in [5.41, 5.74) is 10.4. The number of hydrogen-bond donors (Lipinski definition) is 2. The highest BCUT2D eigenvalue weighted by atomic mass is 31.2. The van der Waals surface area contributed by atoms with E-state index in [4.69, 9.17) is 28.6 Å². The first-order valence-corrected chi connectivity index (χ1v) is 19.3. The fourth-order valence-corrected chi connectivity index (χ4v) is 9.59. The van der Waals surface area contributed by atoms with Gasteiger partial charge in [-0.3, -0.25) is 13.9 Å². The third kappa shape index (κ3) is 7.68. The van der Waals surface area contributed by atoms with Crippen molar-refractivity contribution in [3.05, 3.63) is 90.4 Å². The van der Waals surface area contributed by atoms with Crippen LogP contribution in [0.4, 0.5) is 5.82 Å². The predicted molar refractivity (Wildman–Crippen MR) is 194 cm³/mol. The summed E-state index contributed by atoms with van der Waals surface area (Å²) >= 11 is 0. The maximum absolute atomic E-state index is 14.0. The Labute approximate surface area is 291 Å². The average molecular weight is 722 g/mol. The highest BCUT2D eigenvalue weighted by Crippen LogP contribution is 2.53. The quantitative estimate of drug-likeness (QED) is 0.108. The third-order valence-corrected chi connectivity index (χ3v) is 12.2. The lowest BCUT2D eigenvalue weighted by atomic mass is 10.1. The largest absolute Gasteiger partial charge is 0.497 e. The first-order valence-electron chi connectivity index (χ1n) is 16.2. The van der Waals surface area contributed by atoms with Crippen molar-refractivity contribution in [1.82, 2.24) is 19.9 Å². The van der Waals surface area contributed by atoms with Gasteiger partial charge in [-0.05, 0) is 87.4 Å². The Balaban J connectivity index is 1.42. The van der Waals surface area contributed by atoms with Crippen LogP contribution >= 0.6 is 15.2 Å². The van der Waals surface area contributed by atoms with Gasteiger partial charge in [-0.2, -0.15) is 0 Å². The minimum Gasteiger partial charge on any atom is -0.497 e. The normalized spacial score (nSPS) is 11.9. The number of amides is 1. The number of hydrogen-bond acceptors (Lipinski definition) is 11. The molecule has 0 radical (unpaired) electrons. The summed E-state index contributed by atoms with van der Waals surface area (Å²) in [4.78, 5) is 22.0. The van der Waals surface area contributed by atoms with Crippen LogP contribution < -0.4 is 26.4 Å². The van der Waals surface area contributed by atoms with Crippen molar-refractivity contribution in [2.75, 3.05) is 39.3 Å². The predicted octanol–water partition coefficient (Wildman–Crippen LogP) is 6.39. The Morgan fingerprint density at radius 1 is 0.820 bits per heavy atom. The van der Waals surface area contributed by atoms with Crippen molar-refractivity contribution < 1.29 is 36.8 Å². The molecule has 0 aliphatic heterocycles. The first-order chi connectivity index (χ1) is 24.1. The topological polar surface area (TPSA) is 166 Å². The summed E-state index contributed by atoms with van der Waals surface area (Å²) in [5.74, 6) is 0.710. The van der Waals surface area contributed by atoms with E-state index < -0.39 is 15.2 Å². The van der Waals surface area contributed by atoms with Gasteiger partial charge in [0.05, 0.1) is 49.5 Å². The molecule has 5 aromatic rings. The zero-order chi connectivity index (χ0) is 35.9. The molecular weight excluding hydrogens is 680 g/mol. The molecule has 13 nitrogen and oxygen atoms in total. The molecule has 5 rings (SSSR count). The molecule has 3 N–H and O–H groups in total. The average Bonchev–Trinajstić information content (AvgIpc) is 3.52. The van der Waals surface area contributed by atoms with Crippen LogP contribution in [0.5, 0.6) is 5.75 Å². The van der Waals surface area contributed by atoms with Crippen molar-refractivity contribution in [3.63, 3.8) is 0 Å². The molecule has 2 heterocycles. The van der Waals surface area contributed by atoms with Crippen molar-refractivity contribution in [1.29, 1.82) is 0 Å². The van der Waals surface area contributed by atoms with E-state index >= 15 is 0 Å². The van der Waals surface area contributed by atoms with Crippen LogP contribution in [0.25, 0.3) is 27.8 Å². The molecule has 0 aliphatic carbocycles. The summed E-state index contributed by atoms with van der Waals surface area (Å²) in [6.07, 6.45) is 3.34. The molecule has 0 unspecified atom stereocenters. The lowest BCUT2D eigenvalue weighted by molar-refractivity contribution is 0.0951. The fourth-order valence-electron chi connectivity index (χ4n) is 5.51. The molecule has 15 heteroatoms. The number of carbonyl (C=O) groups is 1. The van der Waals surface area contributed by atoms with Gasteiger partial charge in [0.25, 0.3) is 5.91 Å². The molecule has 0 saturated heterocycles. The fraction of sp³-hybridized carbons (Fsp3) is 0.286. The van der Waals surface area contributed by atoms with Crippen LogP contribution in [0.15, 0.2) is 79.3 Å². The Morgan fingerprint density at radius 2 is 1.46 bits per heavy atom. The Hall–Kier alpha value is -4.35. The van der Waals surface area contributed by atoms with Crippen molar-refractivity contribution in [2.45, 2.75) is 34.2 Å². The van der Waals surface area contributed by atoms with Gasteiger partial charge in [-0.15, -0.1) is 0 Å². The highest BCUT2D eigenvalue weighted by Gasteiger charge is 2.39. The highest BCUT2D eigenvalue weighted by molar-refractivity contribution is 7.68. The minimum absolute atomic E-state index is 0.0687. The lowest BCUT2D eigenvalue weighted by Crippen LogP contribution is -2.30. The van der Waals surface area contributed by atoms with E-state index in [9.17, 15) is 13.9 Å². The SMILES string of the molecule is CCOP(=O)(OCC)c1ccc(CNC(=O)c2ccc(-n3cc(-c4cccc(OC)c4)c4c(N)ncnc43)cc2)cc1P(=O)(OCC)OCC. The minimum atomic E-state index is -3.93. The van der Waals surface area contributed by atoms with Crippen LogP contribution in [0.1, 0.15) is 43.6 Å². The number of nitrogen functional groups attached to an aromatic ring is 1. The van der Waals surface area contributed by atoms with Crippen LogP contribution in [-0.4, -0.2) is 54.0 Å². The summed E-state index contributed by atoms with van der Waals surface area (Å²) < 4.78 is 57.4. The van der Waals surface area contributed by atoms with E-state index in [-0.39, 0.29) is 49.5 Å². The molecule has 0 atom stereocenters. The van der Waals surface area contributed by atoms with Crippen LogP contribution in [0.2, 0.25) is 0 Å². The second-order valence-electron chi connectivity index (χ2n) is 10.8. The molecule has 0 bridgehead atoms. The summed E-state index contributed by atoms with van der Waals surface area (Å²) in [6.45, 7) is 7.21. The van der Waals surface area contributed by atoms with E-state index in [0.717, 1.165) is 16.8 Å². The second-order valence-corrected chi connectivity index (χ2v) is 14.8. The molecule has 0 aliphatic rings. The van der Waals surface area contributed by atoms with Crippen molar-refractivity contribution in [2.24, 2.45) is 0 Å². The van der Waals surface area contributed by atoms with E-state index in [1.54, 1.807) is 59.1 Å². The van der Waals surface area contributed by atoms with Gasteiger partial charge in [0.15, 0.2) is 5.65 Å². The number of ether oxygens (including phenoxy) is 1. The number of rotatable bonds is 16. The van der Waals surface area contributed by atoms with E-state index in [0.29, 0.717) is 33.7 Å². The van der Waals surface area contributed by atoms with Crippen LogP contribution in [-0.2, 0) is 33.8 Å². The van der Waals surface area contributed by atoms with E-state index in [1.807, 2.05) is 47.2 Å². The maximum Gasteiger partial charge on any atom is 0.362 e. The number of methoxy groups -OCH3 is 1. The van der Waals surface area contributed by atoms with Crippen LogP contribution in [0, 0.1) is 0 Å². The number of benzene rings is 3. The molecule has 3 aromatic carbocycles. The molecular formula is C35H41N5O8P2. The Morgan fingerprint density at radius 3 is 2.08 bits per heavy atom. The van der Waals surface area contributed by atoms with Crippen molar-refractivity contribution >= 4 is 48.6 Å². The number of carbonyl (C=O) groups excluding carboxylic acids is 1. The first kappa shape index (κ1) is 36.9. The lowest BCUT2D eigenvalue weighted by Gasteiger charge is -2.24. The third-order valence-electron chi connectivity index (χ3n) is 7.68. The number of nitrogens with zero attached hydrogens (tertiary/aromatic N) is 3. The second kappa shape index (κ2) is 16.1.